The monoisotopic (exact) mass is 367 g/mol. The quantitative estimate of drug-likeness (QED) is 0.907. The molecular formula is C17H20F3N5O. The molecule has 0 aliphatic carbocycles. The predicted molar refractivity (Wildman–Crippen MR) is 87.9 cm³/mol. The van der Waals surface area contributed by atoms with Crippen LogP contribution in [-0.2, 0) is 19.8 Å². The number of hydrogen-bond acceptors (Lipinski definition) is 3. The average molecular weight is 367 g/mol. The molecule has 1 aliphatic rings. The summed E-state index contributed by atoms with van der Waals surface area (Å²) in [6.45, 7) is 4.35. The first-order chi connectivity index (χ1) is 12.1. The lowest BCUT2D eigenvalue weighted by molar-refractivity contribution is -0.142. The molecule has 1 atom stereocenters. The number of urea groups is 1. The summed E-state index contributed by atoms with van der Waals surface area (Å²) in [7, 11) is 1.41. The predicted octanol–water partition coefficient (Wildman–Crippen LogP) is 3.13. The summed E-state index contributed by atoms with van der Waals surface area (Å²) < 4.78 is 40.1. The van der Waals surface area contributed by atoms with Crippen molar-refractivity contribution in [1.29, 1.82) is 0 Å². The summed E-state index contributed by atoms with van der Waals surface area (Å²) in [4.78, 5) is 18.2. The zero-order valence-corrected chi connectivity index (χ0v) is 14.7. The van der Waals surface area contributed by atoms with E-state index in [-0.39, 0.29) is 23.6 Å². The Bertz CT molecular complexity index is 800. The zero-order chi connectivity index (χ0) is 19.1. The number of halogens is 3. The van der Waals surface area contributed by atoms with E-state index < -0.39 is 17.9 Å². The van der Waals surface area contributed by atoms with Crippen molar-refractivity contribution in [1.82, 2.24) is 25.0 Å². The Hall–Kier alpha value is -2.58. The number of nitrogens with zero attached hydrogens (tertiary/aromatic N) is 4. The van der Waals surface area contributed by atoms with Crippen LogP contribution in [0.15, 0.2) is 30.7 Å². The van der Waals surface area contributed by atoms with Crippen LogP contribution in [0.4, 0.5) is 18.0 Å². The molecule has 0 unspecified atom stereocenters. The number of amides is 2. The maximum absolute atomic E-state index is 13.0. The molecule has 9 heteroatoms. The van der Waals surface area contributed by atoms with E-state index >= 15 is 0 Å². The van der Waals surface area contributed by atoms with Gasteiger partial charge in [0.05, 0.1) is 6.04 Å². The SMILES string of the molecule is Cn1cc(CNC(=O)N2CC(C)(C)[C@H]2c2cccnc2)c(C(F)(F)F)n1. The summed E-state index contributed by atoms with van der Waals surface area (Å²) in [5.74, 6) is 0. The Morgan fingerprint density at radius 3 is 2.73 bits per heavy atom. The van der Waals surface area contributed by atoms with E-state index in [2.05, 4.69) is 15.4 Å². The van der Waals surface area contributed by atoms with Crippen LogP contribution in [0.1, 0.15) is 36.7 Å². The van der Waals surface area contributed by atoms with Crippen molar-refractivity contribution in [3.05, 3.63) is 47.5 Å². The van der Waals surface area contributed by atoms with E-state index in [9.17, 15) is 18.0 Å². The molecular weight excluding hydrogens is 347 g/mol. The fourth-order valence-electron chi connectivity index (χ4n) is 3.46. The van der Waals surface area contributed by atoms with Gasteiger partial charge in [0.25, 0.3) is 0 Å². The van der Waals surface area contributed by atoms with Gasteiger partial charge < -0.3 is 10.2 Å². The molecule has 0 spiro atoms. The van der Waals surface area contributed by atoms with Gasteiger partial charge in [0, 0.05) is 49.7 Å². The summed E-state index contributed by atoms with van der Waals surface area (Å²) in [6.07, 6.45) is 0.0649. The number of hydrogen-bond donors (Lipinski definition) is 1. The van der Waals surface area contributed by atoms with Crippen molar-refractivity contribution < 1.29 is 18.0 Å². The first-order valence-corrected chi connectivity index (χ1v) is 8.14. The Labute approximate surface area is 149 Å². The third-order valence-electron chi connectivity index (χ3n) is 4.49. The largest absolute Gasteiger partial charge is 0.435 e. The molecule has 0 radical (unpaired) electrons. The minimum atomic E-state index is -4.56. The first kappa shape index (κ1) is 18.2. The second-order valence-corrected chi connectivity index (χ2v) is 7.14. The first-order valence-electron chi connectivity index (χ1n) is 8.14. The van der Waals surface area contributed by atoms with E-state index in [1.807, 2.05) is 19.9 Å². The van der Waals surface area contributed by atoms with Crippen LogP contribution in [0.5, 0.6) is 0 Å². The van der Waals surface area contributed by atoms with Crippen LogP contribution in [-0.4, -0.2) is 32.2 Å². The Balaban J connectivity index is 1.72. The lowest BCUT2D eigenvalue weighted by Crippen LogP contribution is -2.60. The fourth-order valence-corrected chi connectivity index (χ4v) is 3.46. The van der Waals surface area contributed by atoms with E-state index in [4.69, 9.17) is 0 Å². The standard InChI is InChI=1S/C17H20F3N5O/c1-16(2)10-25(14(16)11-5-4-6-21-7-11)15(26)22-8-12-9-24(3)23-13(12)17(18,19)20/h4-7,9,14H,8,10H2,1-3H3,(H,22,26)/t14-/m1/s1. The number of aromatic nitrogens is 3. The molecule has 140 valence electrons. The number of aryl methyl sites for hydroxylation is 1. The van der Waals surface area contributed by atoms with Crippen molar-refractivity contribution >= 4 is 6.03 Å². The fraction of sp³-hybridized carbons (Fsp3) is 0.471. The highest BCUT2D eigenvalue weighted by Crippen LogP contribution is 2.48. The average Bonchev–Trinajstić information content (AvgIpc) is 2.93. The van der Waals surface area contributed by atoms with Crippen LogP contribution < -0.4 is 5.32 Å². The number of alkyl halides is 3. The zero-order valence-electron chi connectivity index (χ0n) is 14.7. The maximum Gasteiger partial charge on any atom is 0.435 e. The van der Waals surface area contributed by atoms with Gasteiger partial charge in [0.15, 0.2) is 5.69 Å². The molecule has 2 aromatic rings. The normalized spacial score (nSPS) is 19.2. The molecule has 1 saturated heterocycles. The van der Waals surface area contributed by atoms with E-state index in [1.54, 1.807) is 23.4 Å². The molecule has 0 saturated carbocycles. The molecule has 6 nitrogen and oxygen atoms in total. The van der Waals surface area contributed by atoms with Gasteiger partial charge in [-0.1, -0.05) is 19.9 Å². The van der Waals surface area contributed by atoms with E-state index in [0.29, 0.717) is 6.54 Å². The van der Waals surface area contributed by atoms with Gasteiger partial charge in [-0.2, -0.15) is 18.3 Å². The van der Waals surface area contributed by atoms with Gasteiger partial charge in [-0.25, -0.2) is 4.79 Å². The van der Waals surface area contributed by atoms with Crippen molar-refractivity contribution in [2.45, 2.75) is 32.6 Å². The van der Waals surface area contributed by atoms with Crippen LogP contribution in [0.25, 0.3) is 0 Å². The molecule has 1 aliphatic heterocycles. The Morgan fingerprint density at radius 2 is 2.15 bits per heavy atom. The topological polar surface area (TPSA) is 63.1 Å². The van der Waals surface area contributed by atoms with E-state index in [0.717, 1.165) is 10.2 Å². The number of carbonyl (C=O) groups excluding carboxylic acids is 1. The van der Waals surface area contributed by atoms with E-state index in [1.165, 1.54) is 13.2 Å². The number of likely N-dealkylation sites (tertiary alicyclic amines) is 1. The van der Waals surface area contributed by atoms with Crippen LogP contribution >= 0.6 is 0 Å². The third-order valence-corrected chi connectivity index (χ3v) is 4.49. The number of pyridine rings is 1. The molecule has 0 bridgehead atoms. The summed E-state index contributed by atoms with van der Waals surface area (Å²) in [6, 6.07) is 3.11. The lowest BCUT2D eigenvalue weighted by Gasteiger charge is -2.54. The van der Waals surface area contributed by atoms with Crippen LogP contribution in [0.2, 0.25) is 0 Å². The Kier molecular flexibility index (Phi) is 4.41. The lowest BCUT2D eigenvalue weighted by atomic mass is 9.72. The van der Waals surface area contributed by atoms with Crippen LogP contribution in [0.3, 0.4) is 0 Å². The van der Waals surface area contributed by atoms with Crippen molar-refractivity contribution in [3.63, 3.8) is 0 Å². The summed E-state index contributed by atoms with van der Waals surface area (Å²) >= 11 is 0. The highest BCUT2D eigenvalue weighted by Gasteiger charge is 2.49. The second-order valence-electron chi connectivity index (χ2n) is 7.14. The molecule has 2 aromatic heterocycles. The molecule has 1 fully saturated rings. The van der Waals surface area contributed by atoms with Crippen LogP contribution in [0, 0.1) is 5.41 Å². The van der Waals surface area contributed by atoms with Gasteiger partial charge in [0.1, 0.15) is 0 Å². The number of carbonyl (C=O) groups is 1. The summed E-state index contributed by atoms with van der Waals surface area (Å²) in [5, 5.41) is 6.02. The summed E-state index contributed by atoms with van der Waals surface area (Å²) in [5.41, 5.74) is -0.276. The van der Waals surface area contributed by atoms with Gasteiger partial charge in [-0.15, -0.1) is 0 Å². The third kappa shape index (κ3) is 3.38. The number of rotatable bonds is 3. The van der Waals surface area contributed by atoms with Crippen molar-refractivity contribution in [2.75, 3.05) is 6.54 Å². The molecule has 3 rings (SSSR count). The highest BCUT2D eigenvalue weighted by molar-refractivity contribution is 5.76. The molecule has 0 aromatic carbocycles. The highest BCUT2D eigenvalue weighted by atomic mass is 19.4. The van der Waals surface area contributed by atoms with Gasteiger partial charge in [-0.3, -0.25) is 9.67 Å². The number of nitrogens with one attached hydrogen (secondary N) is 1. The van der Waals surface area contributed by atoms with Crippen molar-refractivity contribution in [2.24, 2.45) is 12.5 Å². The van der Waals surface area contributed by atoms with Gasteiger partial charge >= 0.3 is 12.2 Å². The minimum absolute atomic E-state index is 0.0638. The maximum atomic E-state index is 13.0. The van der Waals surface area contributed by atoms with Gasteiger partial charge in [-0.05, 0) is 11.6 Å². The smallest absolute Gasteiger partial charge is 0.334 e. The molecule has 1 N–H and O–H groups in total. The van der Waals surface area contributed by atoms with Crippen molar-refractivity contribution in [3.8, 4) is 0 Å². The second kappa shape index (κ2) is 6.30. The Morgan fingerprint density at radius 1 is 1.42 bits per heavy atom. The molecule has 2 amide bonds. The molecule has 3 heterocycles. The minimum Gasteiger partial charge on any atom is -0.334 e. The molecule has 26 heavy (non-hydrogen) atoms. The van der Waals surface area contributed by atoms with Gasteiger partial charge in [0.2, 0.25) is 0 Å².